The molecule has 6 heteroatoms. The second-order valence-corrected chi connectivity index (χ2v) is 4.86. The lowest BCUT2D eigenvalue weighted by Gasteiger charge is -2.18. The molecule has 1 aliphatic rings. The topological polar surface area (TPSA) is 107 Å². The van der Waals surface area contributed by atoms with Gasteiger partial charge < -0.3 is 10.2 Å². The fourth-order valence-corrected chi connectivity index (χ4v) is 2.84. The first-order chi connectivity index (χ1) is 9.13. The van der Waals surface area contributed by atoms with Crippen LogP contribution in [0.1, 0.15) is 40.2 Å². The van der Waals surface area contributed by atoms with E-state index in [2.05, 4.69) is 4.98 Å². The van der Waals surface area contributed by atoms with Crippen LogP contribution in [0.15, 0.2) is 4.42 Å². The Morgan fingerprint density at radius 2 is 2.00 bits per heavy atom. The van der Waals surface area contributed by atoms with Gasteiger partial charge in [0.1, 0.15) is 0 Å². The number of aromatic nitrogens is 1. The average Bonchev–Trinajstić information content (AvgIpc) is 2.75. The highest BCUT2D eigenvalue weighted by Gasteiger charge is 2.25. The Morgan fingerprint density at radius 3 is 2.68 bits per heavy atom. The summed E-state index contributed by atoms with van der Waals surface area (Å²) in [5, 5.41) is 0.777. The molecule has 2 heterocycles. The van der Waals surface area contributed by atoms with Gasteiger partial charge in [-0.3, -0.25) is 10.2 Å². The van der Waals surface area contributed by atoms with Gasteiger partial charge in [0.25, 0.3) is 0 Å². The second-order valence-electron chi connectivity index (χ2n) is 4.86. The Hall–Kier alpha value is -2.08. The predicted molar refractivity (Wildman–Crippen MR) is 71.5 cm³/mol. The van der Waals surface area contributed by atoms with Crippen LogP contribution in [0.25, 0.3) is 11.1 Å². The van der Waals surface area contributed by atoms with Gasteiger partial charge in [0.15, 0.2) is 0 Å². The van der Waals surface area contributed by atoms with Crippen molar-refractivity contribution in [2.24, 2.45) is 5.84 Å². The fourth-order valence-electron chi connectivity index (χ4n) is 2.84. The monoisotopic (exact) mass is 260 g/mol. The van der Waals surface area contributed by atoms with Gasteiger partial charge in [0.2, 0.25) is 11.5 Å². The first kappa shape index (κ1) is 12.0. The molecule has 0 saturated carbocycles. The van der Waals surface area contributed by atoms with Crippen LogP contribution in [0, 0.1) is 6.92 Å². The zero-order valence-electron chi connectivity index (χ0n) is 10.7. The van der Waals surface area contributed by atoms with Crippen LogP contribution < -0.4 is 17.0 Å². The lowest BCUT2D eigenvalue weighted by molar-refractivity contribution is 0.0929. The number of amides is 1. The molecule has 100 valence electrons. The van der Waals surface area contributed by atoms with Gasteiger partial charge >= 0.3 is 5.91 Å². The van der Waals surface area contributed by atoms with Gasteiger partial charge in [-0.15, -0.1) is 0 Å². The van der Waals surface area contributed by atoms with Gasteiger partial charge in [0, 0.05) is 5.69 Å². The Morgan fingerprint density at radius 1 is 1.32 bits per heavy atom. The number of nitrogens with two attached hydrogens (primary N) is 2. The molecule has 0 atom stereocenters. The highest BCUT2D eigenvalue weighted by molar-refractivity contribution is 6.05. The van der Waals surface area contributed by atoms with E-state index in [9.17, 15) is 4.79 Å². The summed E-state index contributed by atoms with van der Waals surface area (Å²) in [7, 11) is 0. The van der Waals surface area contributed by atoms with Crippen molar-refractivity contribution < 1.29 is 9.21 Å². The summed E-state index contributed by atoms with van der Waals surface area (Å²) in [5.74, 6) is 4.64. The van der Waals surface area contributed by atoms with Crippen LogP contribution in [-0.2, 0) is 12.8 Å². The van der Waals surface area contributed by atoms with Crippen molar-refractivity contribution in [2.45, 2.75) is 32.6 Å². The number of fused-ring (bicyclic) bond motifs is 3. The van der Waals surface area contributed by atoms with Crippen molar-refractivity contribution in [1.29, 1.82) is 0 Å². The molecular formula is C13H16N4O2. The minimum atomic E-state index is -0.530. The normalized spacial score (nSPS) is 14.4. The first-order valence-electron chi connectivity index (χ1n) is 6.34. The highest BCUT2D eigenvalue weighted by Crippen LogP contribution is 2.36. The quantitative estimate of drug-likeness (QED) is 0.405. The SMILES string of the molecule is Cc1nc2oc(C(=O)NN)c(N)c2c2c1CCCC2. The van der Waals surface area contributed by atoms with Crippen molar-refractivity contribution in [3.05, 3.63) is 22.6 Å². The number of carbonyl (C=O) groups excluding carboxylic acids is 1. The number of hydrogen-bond acceptors (Lipinski definition) is 5. The maximum Gasteiger partial charge on any atom is 0.303 e. The average molecular weight is 260 g/mol. The number of furan rings is 1. The lowest BCUT2D eigenvalue weighted by Crippen LogP contribution is -2.30. The third-order valence-corrected chi connectivity index (χ3v) is 3.74. The van der Waals surface area contributed by atoms with Crippen molar-refractivity contribution in [2.75, 3.05) is 5.73 Å². The molecule has 0 aromatic carbocycles. The molecule has 2 aromatic heterocycles. The number of rotatable bonds is 1. The molecule has 6 nitrogen and oxygen atoms in total. The van der Waals surface area contributed by atoms with E-state index < -0.39 is 5.91 Å². The summed E-state index contributed by atoms with van der Waals surface area (Å²) in [5.41, 5.74) is 12.2. The zero-order chi connectivity index (χ0) is 13.6. The van der Waals surface area contributed by atoms with Crippen LogP contribution in [0.2, 0.25) is 0 Å². The van der Waals surface area contributed by atoms with Crippen molar-refractivity contribution >= 4 is 22.7 Å². The molecule has 0 spiro atoms. The number of nitrogens with zero attached hydrogens (tertiary/aromatic N) is 1. The number of carbonyl (C=O) groups is 1. The fraction of sp³-hybridized carbons (Fsp3) is 0.385. The van der Waals surface area contributed by atoms with Crippen LogP contribution in [-0.4, -0.2) is 10.9 Å². The van der Waals surface area contributed by atoms with Gasteiger partial charge in [-0.2, -0.15) is 0 Å². The number of aryl methyl sites for hydroxylation is 2. The molecule has 3 rings (SSSR count). The van der Waals surface area contributed by atoms with Gasteiger partial charge in [-0.1, -0.05) is 0 Å². The molecular weight excluding hydrogens is 244 g/mol. The third kappa shape index (κ3) is 1.67. The van der Waals surface area contributed by atoms with Crippen molar-refractivity contribution in [1.82, 2.24) is 10.4 Å². The summed E-state index contributed by atoms with van der Waals surface area (Å²) < 4.78 is 5.47. The number of pyridine rings is 1. The van der Waals surface area contributed by atoms with Crippen LogP contribution in [0.5, 0.6) is 0 Å². The molecule has 0 radical (unpaired) electrons. The Kier molecular flexibility index (Phi) is 2.67. The van der Waals surface area contributed by atoms with E-state index in [4.69, 9.17) is 16.0 Å². The van der Waals surface area contributed by atoms with Gasteiger partial charge in [-0.25, -0.2) is 10.8 Å². The Balaban J connectivity index is 2.33. The summed E-state index contributed by atoms with van der Waals surface area (Å²) in [6.45, 7) is 1.96. The van der Waals surface area contributed by atoms with Crippen LogP contribution in [0.4, 0.5) is 5.69 Å². The lowest BCUT2D eigenvalue weighted by atomic mass is 9.89. The second kappa shape index (κ2) is 4.24. The number of nitrogen functional groups attached to an aromatic ring is 2. The molecule has 19 heavy (non-hydrogen) atoms. The predicted octanol–water partition coefficient (Wildman–Crippen LogP) is 1.20. The van der Waals surface area contributed by atoms with Crippen LogP contribution >= 0.6 is 0 Å². The summed E-state index contributed by atoms with van der Waals surface area (Å²) in [4.78, 5) is 16.0. The first-order valence-corrected chi connectivity index (χ1v) is 6.34. The smallest absolute Gasteiger partial charge is 0.303 e. The minimum absolute atomic E-state index is 0.0448. The van der Waals surface area contributed by atoms with Crippen LogP contribution in [0.3, 0.4) is 0 Å². The molecule has 5 N–H and O–H groups in total. The van der Waals surface area contributed by atoms with E-state index in [0.29, 0.717) is 11.4 Å². The van der Waals surface area contributed by atoms with Crippen molar-refractivity contribution in [3.63, 3.8) is 0 Å². The maximum absolute atomic E-state index is 11.6. The molecule has 0 unspecified atom stereocenters. The zero-order valence-corrected chi connectivity index (χ0v) is 10.7. The number of anilines is 1. The highest BCUT2D eigenvalue weighted by atomic mass is 16.4. The Bertz CT molecular complexity index is 675. The van der Waals surface area contributed by atoms with Gasteiger partial charge in [0.05, 0.1) is 11.1 Å². The van der Waals surface area contributed by atoms with E-state index in [1.54, 1.807) is 0 Å². The summed E-state index contributed by atoms with van der Waals surface area (Å²) in [6, 6.07) is 0. The number of hydrazine groups is 1. The molecule has 2 aromatic rings. The van der Waals surface area contributed by atoms with E-state index in [-0.39, 0.29) is 5.76 Å². The van der Waals surface area contributed by atoms with E-state index >= 15 is 0 Å². The summed E-state index contributed by atoms with van der Waals surface area (Å²) in [6.07, 6.45) is 4.24. The number of nitrogens with one attached hydrogen (secondary N) is 1. The molecule has 0 fully saturated rings. The minimum Gasteiger partial charge on any atom is -0.430 e. The van der Waals surface area contributed by atoms with Crippen molar-refractivity contribution in [3.8, 4) is 0 Å². The van der Waals surface area contributed by atoms with E-state index in [1.165, 1.54) is 11.1 Å². The largest absolute Gasteiger partial charge is 0.430 e. The maximum atomic E-state index is 11.6. The number of hydrogen-bond donors (Lipinski definition) is 3. The molecule has 0 bridgehead atoms. The molecule has 1 amide bonds. The molecule has 0 saturated heterocycles. The van der Waals surface area contributed by atoms with E-state index in [1.807, 2.05) is 12.3 Å². The van der Waals surface area contributed by atoms with Gasteiger partial charge in [-0.05, 0) is 43.7 Å². The molecule has 0 aliphatic heterocycles. The standard InChI is InChI=1S/C13H16N4O2/c1-6-7-4-2-3-5-8(7)9-10(14)11(12(18)17-15)19-13(9)16-6/h2-5,14-15H2,1H3,(H,17,18). The molecule has 1 aliphatic carbocycles. The third-order valence-electron chi connectivity index (χ3n) is 3.74. The Labute approximate surface area is 110 Å². The van der Waals surface area contributed by atoms with E-state index in [0.717, 1.165) is 36.8 Å². The summed E-state index contributed by atoms with van der Waals surface area (Å²) >= 11 is 0.